The van der Waals surface area contributed by atoms with E-state index in [-0.39, 0.29) is 39.2 Å². The molecule has 210 valence electrons. The third-order valence-corrected chi connectivity index (χ3v) is 7.20. The molecule has 0 bridgehead atoms. The number of hydrogen-bond donors (Lipinski definition) is 0. The van der Waals surface area contributed by atoms with Crippen molar-refractivity contribution in [3.63, 3.8) is 0 Å². The molecule has 1 atom stereocenters. The third-order valence-electron chi connectivity index (χ3n) is 7.20. The van der Waals surface area contributed by atoms with E-state index in [2.05, 4.69) is 4.98 Å². The summed E-state index contributed by atoms with van der Waals surface area (Å²) in [6.07, 6.45) is -1.38. The van der Waals surface area contributed by atoms with E-state index in [0.717, 1.165) is 4.90 Å². The lowest BCUT2D eigenvalue weighted by Gasteiger charge is -2.18. The highest BCUT2D eigenvalue weighted by Crippen LogP contribution is 2.34. The predicted molar refractivity (Wildman–Crippen MR) is 156 cm³/mol. The van der Waals surface area contributed by atoms with E-state index in [1.807, 2.05) is 0 Å². The van der Waals surface area contributed by atoms with Crippen LogP contribution in [-0.4, -0.2) is 33.5 Å². The van der Waals surface area contributed by atoms with Gasteiger partial charge in [0.05, 0.1) is 38.5 Å². The van der Waals surface area contributed by atoms with Gasteiger partial charge in [0.2, 0.25) is 5.78 Å². The molecule has 5 aromatic rings. The molecule has 0 saturated heterocycles. The highest BCUT2D eigenvalue weighted by Gasteiger charge is 2.40. The number of esters is 1. The molecule has 10 nitrogen and oxygen atoms in total. The SMILES string of the molecule is Cc1nc2ccccc2c2c1C(=O)N(c1ccc(C(=O)O[C@@H](C(=O)c3ccccc3)c3ccc([N+](=O)[O-])cc3)cc1)C2=O. The lowest BCUT2D eigenvalue weighted by atomic mass is 9.99. The Morgan fingerprint density at radius 3 is 2.09 bits per heavy atom. The molecule has 1 aromatic heterocycles. The fourth-order valence-electron chi connectivity index (χ4n) is 5.09. The summed E-state index contributed by atoms with van der Waals surface area (Å²) in [5.41, 5.74) is 2.24. The number of amides is 2. The number of aryl methyl sites for hydroxylation is 1. The van der Waals surface area contributed by atoms with Crippen LogP contribution in [0.15, 0.2) is 103 Å². The number of ketones is 1. The number of hydrogen-bond acceptors (Lipinski definition) is 8. The van der Waals surface area contributed by atoms with Gasteiger partial charge >= 0.3 is 5.97 Å². The molecule has 10 heteroatoms. The minimum absolute atomic E-state index is 0.0661. The molecule has 0 spiro atoms. The van der Waals surface area contributed by atoms with Crippen LogP contribution in [0.1, 0.15) is 58.8 Å². The van der Waals surface area contributed by atoms with Gasteiger partial charge in [0.15, 0.2) is 6.10 Å². The third kappa shape index (κ3) is 4.80. The van der Waals surface area contributed by atoms with Gasteiger partial charge in [-0.3, -0.25) is 29.5 Å². The average Bonchev–Trinajstić information content (AvgIpc) is 3.30. The van der Waals surface area contributed by atoms with Gasteiger partial charge < -0.3 is 4.74 Å². The van der Waals surface area contributed by atoms with Crippen LogP contribution in [0.5, 0.6) is 0 Å². The normalized spacial score (nSPS) is 13.1. The van der Waals surface area contributed by atoms with Crippen LogP contribution in [0.2, 0.25) is 0 Å². The summed E-state index contributed by atoms with van der Waals surface area (Å²) in [5.74, 6) is -2.37. The van der Waals surface area contributed by atoms with Crippen molar-refractivity contribution in [2.24, 2.45) is 0 Å². The van der Waals surface area contributed by atoms with Gasteiger partial charge in [-0.1, -0.05) is 48.5 Å². The van der Waals surface area contributed by atoms with Crippen LogP contribution >= 0.6 is 0 Å². The molecule has 0 aliphatic carbocycles. The number of non-ortho nitro benzene ring substituents is 1. The number of carbonyl (C=O) groups is 4. The van der Waals surface area contributed by atoms with E-state index in [0.29, 0.717) is 16.6 Å². The van der Waals surface area contributed by atoms with Gasteiger partial charge in [-0.15, -0.1) is 0 Å². The molecule has 2 heterocycles. The number of ether oxygens (including phenoxy) is 1. The molecule has 1 aliphatic heterocycles. The largest absolute Gasteiger partial charge is 0.445 e. The first-order valence-corrected chi connectivity index (χ1v) is 13.2. The second-order valence-electron chi connectivity index (χ2n) is 9.82. The fourth-order valence-corrected chi connectivity index (χ4v) is 5.09. The number of nitrogens with zero attached hydrogens (tertiary/aromatic N) is 3. The monoisotopic (exact) mass is 571 g/mol. The van der Waals surface area contributed by atoms with E-state index >= 15 is 0 Å². The molecular formula is C33H21N3O7. The Labute approximate surface area is 244 Å². The summed E-state index contributed by atoms with van der Waals surface area (Å²) < 4.78 is 5.65. The number of anilines is 1. The predicted octanol–water partition coefficient (Wildman–Crippen LogP) is 6.03. The average molecular weight is 572 g/mol. The number of imide groups is 1. The molecule has 0 unspecified atom stereocenters. The Morgan fingerprint density at radius 2 is 1.42 bits per heavy atom. The van der Waals surface area contributed by atoms with E-state index in [1.165, 1.54) is 48.5 Å². The van der Waals surface area contributed by atoms with Crippen molar-refractivity contribution in [1.29, 1.82) is 0 Å². The molecule has 0 radical (unpaired) electrons. The number of pyridine rings is 1. The van der Waals surface area contributed by atoms with Crippen molar-refractivity contribution >= 4 is 45.8 Å². The maximum absolute atomic E-state index is 13.5. The Morgan fingerprint density at radius 1 is 0.791 bits per heavy atom. The number of rotatable bonds is 7. The molecule has 1 aliphatic rings. The number of nitro groups is 1. The summed E-state index contributed by atoms with van der Waals surface area (Å²) >= 11 is 0. The molecule has 0 fully saturated rings. The summed E-state index contributed by atoms with van der Waals surface area (Å²) in [4.78, 5) is 69.5. The van der Waals surface area contributed by atoms with Gasteiger partial charge in [-0.25, -0.2) is 9.69 Å². The van der Waals surface area contributed by atoms with Gasteiger partial charge in [0, 0.05) is 28.6 Å². The van der Waals surface area contributed by atoms with Crippen molar-refractivity contribution in [2.75, 3.05) is 4.90 Å². The zero-order chi connectivity index (χ0) is 30.2. The highest BCUT2D eigenvalue weighted by molar-refractivity contribution is 6.37. The summed E-state index contributed by atoms with van der Waals surface area (Å²) in [7, 11) is 0. The zero-order valence-electron chi connectivity index (χ0n) is 22.6. The topological polar surface area (TPSA) is 137 Å². The zero-order valence-corrected chi connectivity index (χ0v) is 22.6. The van der Waals surface area contributed by atoms with Crippen LogP contribution in [0.4, 0.5) is 11.4 Å². The van der Waals surface area contributed by atoms with Crippen molar-refractivity contribution in [3.05, 3.63) is 147 Å². The van der Waals surface area contributed by atoms with Crippen molar-refractivity contribution in [3.8, 4) is 0 Å². The Balaban J connectivity index is 1.28. The summed E-state index contributed by atoms with van der Waals surface area (Å²) in [6.45, 7) is 1.68. The number of para-hydroxylation sites is 1. The first-order chi connectivity index (χ1) is 20.7. The Hall–Kier alpha value is -6.03. The van der Waals surface area contributed by atoms with E-state index in [9.17, 15) is 29.3 Å². The number of benzene rings is 4. The van der Waals surface area contributed by atoms with Crippen molar-refractivity contribution in [2.45, 2.75) is 13.0 Å². The fraction of sp³-hybridized carbons (Fsp3) is 0.0606. The van der Waals surface area contributed by atoms with Crippen molar-refractivity contribution < 1.29 is 28.8 Å². The first-order valence-electron chi connectivity index (χ1n) is 13.2. The smallest absolute Gasteiger partial charge is 0.339 e. The first kappa shape index (κ1) is 27.2. The van der Waals surface area contributed by atoms with E-state index in [1.54, 1.807) is 61.5 Å². The standard InChI is InChI=1S/C33H21N3O7/c1-19-27-28(25-9-5-6-10-26(25)34-19)32(39)35(31(27)38)23-15-13-22(14-16-23)33(40)43-30(29(37)20-7-3-2-4-8-20)21-11-17-24(18-12-21)36(41)42/h2-18,30H,1H3/t30-/m1/s1. The second kappa shape index (κ2) is 10.7. The highest BCUT2D eigenvalue weighted by atomic mass is 16.6. The van der Waals surface area contributed by atoms with Gasteiger partial charge in [0.25, 0.3) is 17.5 Å². The van der Waals surface area contributed by atoms with Crippen LogP contribution in [0.3, 0.4) is 0 Å². The lowest BCUT2D eigenvalue weighted by molar-refractivity contribution is -0.384. The minimum Gasteiger partial charge on any atom is -0.445 e. The number of carbonyl (C=O) groups excluding carboxylic acids is 4. The minimum atomic E-state index is -1.38. The Kier molecular flexibility index (Phi) is 6.79. The van der Waals surface area contributed by atoms with Crippen LogP contribution in [-0.2, 0) is 4.74 Å². The molecule has 6 rings (SSSR count). The van der Waals surface area contributed by atoms with Crippen LogP contribution in [0.25, 0.3) is 10.9 Å². The molecule has 0 N–H and O–H groups in total. The van der Waals surface area contributed by atoms with E-state index < -0.39 is 34.6 Å². The van der Waals surface area contributed by atoms with Gasteiger partial charge in [0.1, 0.15) is 0 Å². The number of fused-ring (bicyclic) bond motifs is 3. The second-order valence-corrected chi connectivity index (χ2v) is 9.82. The molecule has 0 saturated carbocycles. The quantitative estimate of drug-likeness (QED) is 0.0759. The van der Waals surface area contributed by atoms with Gasteiger partial charge in [-0.05, 0) is 49.4 Å². The van der Waals surface area contributed by atoms with Gasteiger partial charge in [-0.2, -0.15) is 0 Å². The number of nitro benzene ring substituents is 1. The maximum atomic E-state index is 13.5. The maximum Gasteiger partial charge on any atom is 0.339 e. The lowest BCUT2D eigenvalue weighted by Crippen LogP contribution is -2.29. The molecular weight excluding hydrogens is 550 g/mol. The van der Waals surface area contributed by atoms with Crippen LogP contribution < -0.4 is 4.90 Å². The number of aromatic nitrogens is 1. The summed E-state index contributed by atoms with van der Waals surface area (Å²) in [6, 6.07) is 26.2. The number of Topliss-reactive ketones (excluding diaryl/α,β-unsaturated/α-hetero) is 1. The van der Waals surface area contributed by atoms with E-state index in [4.69, 9.17) is 4.74 Å². The molecule has 43 heavy (non-hydrogen) atoms. The van der Waals surface area contributed by atoms with Crippen LogP contribution in [0, 0.1) is 17.0 Å². The molecule has 2 amide bonds. The Bertz CT molecular complexity index is 1950. The van der Waals surface area contributed by atoms with Crippen molar-refractivity contribution in [1.82, 2.24) is 4.98 Å². The summed E-state index contributed by atoms with van der Waals surface area (Å²) in [5, 5.41) is 11.7. The molecule has 4 aromatic carbocycles.